The molecule has 128 valence electrons. The number of nitrogens with one attached hydrogen (secondary N) is 1. The van der Waals surface area contributed by atoms with Gasteiger partial charge in [-0.05, 0) is 29.8 Å². The van der Waals surface area contributed by atoms with Crippen molar-refractivity contribution < 1.29 is 22.4 Å². The molecule has 7 heteroatoms. The lowest BCUT2D eigenvalue weighted by Crippen LogP contribution is -2.25. The Kier molecular flexibility index (Phi) is 4.56. The SMILES string of the molecule is O=C(NCc1ccc(-c2ccoc2)nc1)c1ccccc1C(F)(F)F. The third kappa shape index (κ3) is 3.88. The van der Waals surface area contributed by atoms with Crippen LogP contribution in [-0.4, -0.2) is 10.9 Å². The van der Waals surface area contributed by atoms with Gasteiger partial charge < -0.3 is 9.73 Å². The molecule has 4 nitrogen and oxygen atoms in total. The average molecular weight is 346 g/mol. The van der Waals surface area contributed by atoms with Crippen LogP contribution < -0.4 is 5.32 Å². The molecule has 3 rings (SSSR count). The summed E-state index contributed by atoms with van der Waals surface area (Å²) < 4.78 is 43.8. The highest BCUT2D eigenvalue weighted by Gasteiger charge is 2.34. The number of carbonyl (C=O) groups is 1. The van der Waals surface area contributed by atoms with Crippen LogP contribution in [0.4, 0.5) is 13.2 Å². The smallest absolute Gasteiger partial charge is 0.417 e. The van der Waals surface area contributed by atoms with E-state index < -0.39 is 23.2 Å². The van der Waals surface area contributed by atoms with Gasteiger partial charge in [-0.25, -0.2) is 0 Å². The average Bonchev–Trinajstić information content (AvgIpc) is 3.14. The highest BCUT2D eigenvalue weighted by atomic mass is 19.4. The van der Waals surface area contributed by atoms with Gasteiger partial charge in [0.25, 0.3) is 5.91 Å². The number of carbonyl (C=O) groups excluding carboxylic acids is 1. The normalized spacial score (nSPS) is 11.3. The molecular weight excluding hydrogens is 333 g/mol. The fourth-order valence-corrected chi connectivity index (χ4v) is 2.32. The molecule has 0 bridgehead atoms. The summed E-state index contributed by atoms with van der Waals surface area (Å²) in [5.74, 6) is -0.785. The lowest BCUT2D eigenvalue weighted by molar-refractivity contribution is -0.137. The topological polar surface area (TPSA) is 55.1 Å². The zero-order valence-electron chi connectivity index (χ0n) is 12.9. The quantitative estimate of drug-likeness (QED) is 0.767. The van der Waals surface area contributed by atoms with E-state index in [1.54, 1.807) is 30.7 Å². The Morgan fingerprint density at radius 3 is 2.56 bits per heavy atom. The van der Waals surface area contributed by atoms with E-state index in [0.29, 0.717) is 11.3 Å². The molecule has 0 aliphatic rings. The van der Waals surface area contributed by atoms with Crippen LogP contribution in [0.15, 0.2) is 65.6 Å². The summed E-state index contributed by atoms with van der Waals surface area (Å²) in [6.45, 7) is 0.0731. The van der Waals surface area contributed by atoms with Crippen LogP contribution in [0.1, 0.15) is 21.5 Å². The van der Waals surface area contributed by atoms with Crippen molar-refractivity contribution in [2.75, 3.05) is 0 Å². The number of furan rings is 1. The van der Waals surface area contributed by atoms with Crippen molar-refractivity contribution in [2.45, 2.75) is 12.7 Å². The lowest BCUT2D eigenvalue weighted by Gasteiger charge is -2.12. The third-order valence-corrected chi connectivity index (χ3v) is 3.57. The van der Waals surface area contributed by atoms with Gasteiger partial charge in [-0.2, -0.15) is 13.2 Å². The van der Waals surface area contributed by atoms with Crippen molar-refractivity contribution in [1.82, 2.24) is 10.3 Å². The molecule has 0 aliphatic heterocycles. The second-order valence-corrected chi connectivity index (χ2v) is 5.29. The maximum atomic E-state index is 13.0. The van der Waals surface area contributed by atoms with Crippen LogP contribution >= 0.6 is 0 Å². The fourth-order valence-electron chi connectivity index (χ4n) is 2.32. The summed E-state index contributed by atoms with van der Waals surface area (Å²) in [5.41, 5.74) is 0.824. The van der Waals surface area contributed by atoms with E-state index in [9.17, 15) is 18.0 Å². The summed E-state index contributed by atoms with van der Waals surface area (Å²) in [5, 5.41) is 2.48. The molecule has 0 fully saturated rings. The zero-order valence-corrected chi connectivity index (χ0v) is 12.9. The van der Waals surface area contributed by atoms with E-state index in [1.807, 2.05) is 0 Å². The number of aromatic nitrogens is 1. The number of benzene rings is 1. The van der Waals surface area contributed by atoms with E-state index in [2.05, 4.69) is 10.3 Å². The van der Waals surface area contributed by atoms with E-state index in [0.717, 1.165) is 17.7 Å². The van der Waals surface area contributed by atoms with Crippen LogP contribution in [0.3, 0.4) is 0 Å². The summed E-state index contributed by atoms with van der Waals surface area (Å²) in [6.07, 6.45) is 0.0566. The molecular formula is C18H13F3N2O2. The third-order valence-electron chi connectivity index (χ3n) is 3.57. The maximum absolute atomic E-state index is 13.0. The number of rotatable bonds is 4. The molecule has 0 atom stereocenters. The predicted octanol–water partition coefficient (Wildman–Crippen LogP) is 4.29. The minimum atomic E-state index is -4.58. The first-order valence-corrected chi connectivity index (χ1v) is 7.37. The monoisotopic (exact) mass is 346 g/mol. The van der Waals surface area contributed by atoms with Crippen molar-refractivity contribution in [1.29, 1.82) is 0 Å². The van der Waals surface area contributed by atoms with Crippen molar-refractivity contribution >= 4 is 5.91 Å². The van der Waals surface area contributed by atoms with Crippen LogP contribution in [-0.2, 0) is 12.7 Å². The standard InChI is InChI=1S/C18H13F3N2O2/c19-18(20,21)15-4-2-1-3-14(15)17(24)23-10-12-5-6-16(22-9-12)13-7-8-25-11-13/h1-9,11H,10H2,(H,23,24). The van der Waals surface area contributed by atoms with Crippen LogP contribution in [0.5, 0.6) is 0 Å². The highest BCUT2D eigenvalue weighted by Crippen LogP contribution is 2.31. The molecule has 1 amide bonds. The van der Waals surface area contributed by atoms with Crippen molar-refractivity contribution in [3.05, 3.63) is 77.9 Å². The first-order chi connectivity index (χ1) is 11.9. The molecule has 0 saturated heterocycles. The molecule has 25 heavy (non-hydrogen) atoms. The van der Waals surface area contributed by atoms with E-state index in [4.69, 9.17) is 4.42 Å². The Bertz CT molecular complexity index is 857. The molecule has 3 aromatic rings. The number of amides is 1. The molecule has 0 unspecified atom stereocenters. The number of hydrogen-bond donors (Lipinski definition) is 1. The molecule has 2 heterocycles. The molecule has 2 aromatic heterocycles. The van der Waals surface area contributed by atoms with Gasteiger partial charge in [0, 0.05) is 18.3 Å². The first kappa shape index (κ1) is 16.8. The van der Waals surface area contributed by atoms with Crippen molar-refractivity contribution in [3.8, 4) is 11.3 Å². The summed E-state index contributed by atoms with van der Waals surface area (Å²) in [7, 11) is 0. The summed E-state index contributed by atoms with van der Waals surface area (Å²) in [6, 6.07) is 9.93. The second kappa shape index (κ2) is 6.80. The van der Waals surface area contributed by atoms with Gasteiger partial charge in [0.2, 0.25) is 0 Å². The molecule has 0 saturated carbocycles. The van der Waals surface area contributed by atoms with Gasteiger partial charge in [-0.1, -0.05) is 18.2 Å². The lowest BCUT2D eigenvalue weighted by atomic mass is 10.1. The largest absolute Gasteiger partial charge is 0.472 e. The number of pyridine rings is 1. The maximum Gasteiger partial charge on any atom is 0.417 e. The van der Waals surface area contributed by atoms with Gasteiger partial charge in [0.1, 0.15) is 0 Å². The van der Waals surface area contributed by atoms with Gasteiger partial charge in [-0.3, -0.25) is 9.78 Å². The molecule has 0 spiro atoms. The Morgan fingerprint density at radius 1 is 1.12 bits per heavy atom. The molecule has 0 aliphatic carbocycles. The van der Waals surface area contributed by atoms with Gasteiger partial charge in [0.05, 0.1) is 29.3 Å². The van der Waals surface area contributed by atoms with Gasteiger partial charge >= 0.3 is 6.18 Å². The first-order valence-electron chi connectivity index (χ1n) is 7.37. The minimum Gasteiger partial charge on any atom is -0.472 e. The van der Waals surface area contributed by atoms with Gasteiger partial charge in [0.15, 0.2) is 0 Å². The van der Waals surface area contributed by atoms with Crippen LogP contribution in [0, 0.1) is 0 Å². The molecule has 1 N–H and O–H groups in total. The molecule has 0 radical (unpaired) electrons. The molecule has 1 aromatic carbocycles. The Morgan fingerprint density at radius 2 is 1.92 bits per heavy atom. The predicted molar refractivity (Wildman–Crippen MR) is 84.6 cm³/mol. The van der Waals surface area contributed by atoms with Gasteiger partial charge in [-0.15, -0.1) is 0 Å². The van der Waals surface area contributed by atoms with Crippen molar-refractivity contribution in [3.63, 3.8) is 0 Å². The number of alkyl halides is 3. The Hall–Kier alpha value is -3.09. The summed E-state index contributed by atoms with van der Waals surface area (Å²) >= 11 is 0. The second-order valence-electron chi connectivity index (χ2n) is 5.29. The summed E-state index contributed by atoms with van der Waals surface area (Å²) in [4.78, 5) is 16.3. The Balaban J connectivity index is 1.69. The number of halogens is 3. The fraction of sp³-hybridized carbons (Fsp3) is 0.111. The van der Waals surface area contributed by atoms with Crippen LogP contribution in [0.25, 0.3) is 11.3 Å². The number of nitrogens with zero attached hydrogens (tertiary/aromatic N) is 1. The zero-order chi connectivity index (χ0) is 17.9. The minimum absolute atomic E-state index is 0.0731. The van der Waals surface area contributed by atoms with E-state index in [1.165, 1.54) is 18.4 Å². The highest BCUT2D eigenvalue weighted by molar-refractivity contribution is 5.95. The Labute approximate surface area is 141 Å². The van der Waals surface area contributed by atoms with Crippen molar-refractivity contribution in [2.24, 2.45) is 0 Å². The van der Waals surface area contributed by atoms with E-state index >= 15 is 0 Å². The van der Waals surface area contributed by atoms with E-state index in [-0.39, 0.29) is 6.54 Å². The van der Waals surface area contributed by atoms with Crippen LogP contribution in [0.2, 0.25) is 0 Å². The number of hydrogen-bond acceptors (Lipinski definition) is 3.